The van der Waals surface area contributed by atoms with Crippen LogP contribution in [0.15, 0.2) is 54.7 Å². The van der Waals surface area contributed by atoms with Gasteiger partial charge in [0.15, 0.2) is 0 Å². The Morgan fingerprint density at radius 3 is 2.90 bits per heavy atom. The van der Waals surface area contributed by atoms with Crippen LogP contribution in [0.3, 0.4) is 0 Å². The fourth-order valence-corrected chi connectivity index (χ4v) is 3.70. The topological polar surface area (TPSA) is 65.4 Å². The van der Waals surface area contributed by atoms with Crippen LogP contribution in [0.5, 0.6) is 5.75 Å². The number of ether oxygens (including phenoxy) is 2. The molecule has 0 unspecified atom stereocenters. The van der Waals surface area contributed by atoms with Crippen molar-refractivity contribution >= 4 is 34.9 Å². The van der Waals surface area contributed by atoms with Crippen molar-refractivity contribution in [2.45, 2.75) is 25.5 Å². The first kappa shape index (κ1) is 20.7. The maximum Gasteiger partial charge on any atom is 0.260 e. The zero-order chi connectivity index (χ0) is 20.9. The Kier molecular flexibility index (Phi) is 6.57. The van der Waals surface area contributed by atoms with E-state index in [2.05, 4.69) is 10.4 Å². The first-order valence-electron chi connectivity index (χ1n) is 9.71. The zero-order valence-corrected chi connectivity index (χ0v) is 17.7. The molecule has 1 aliphatic rings. The Bertz CT molecular complexity index is 1030. The van der Waals surface area contributed by atoms with Crippen LogP contribution < -0.4 is 10.1 Å². The highest BCUT2D eigenvalue weighted by molar-refractivity contribution is 6.42. The molecule has 0 aliphatic carbocycles. The molecule has 0 saturated carbocycles. The second kappa shape index (κ2) is 9.51. The summed E-state index contributed by atoms with van der Waals surface area (Å²) in [5, 5.41) is 8.14. The number of aromatic nitrogens is 2. The van der Waals surface area contributed by atoms with Gasteiger partial charge >= 0.3 is 0 Å². The van der Waals surface area contributed by atoms with Gasteiger partial charge in [0.25, 0.3) is 5.91 Å². The van der Waals surface area contributed by atoms with Crippen LogP contribution in [0.2, 0.25) is 10.0 Å². The SMILES string of the molecule is O=C(Nc1ccnn1Cc1cccc(Cl)c1Cl)c1ccccc1OC[C@@H]1CCCO1. The summed E-state index contributed by atoms with van der Waals surface area (Å²) in [6, 6.07) is 14.3. The average Bonchev–Trinajstić information content (AvgIpc) is 3.42. The Hall–Kier alpha value is -2.54. The number of anilines is 1. The molecular formula is C22H21Cl2N3O3. The number of amides is 1. The Morgan fingerprint density at radius 2 is 2.07 bits per heavy atom. The van der Waals surface area contributed by atoms with Crippen LogP contribution >= 0.6 is 23.2 Å². The molecule has 30 heavy (non-hydrogen) atoms. The van der Waals surface area contributed by atoms with Gasteiger partial charge in [0.2, 0.25) is 0 Å². The molecular weight excluding hydrogens is 425 g/mol. The second-order valence-electron chi connectivity index (χ2n) is 6.98. The quantitative estimate of drug-likeness (QED) is 0.552. The number of carbonyl (C=O) groups excluding carboxylic acids is 1. The number of nitrogens with one attached hydrogen (secondary N) is 1. The minimum Gasteiger partial charge on any atom is -0.490 e. The summed E-state index contributed by atoms with van der Waals surface area (Å²) < 4.78 is 13.1. The summed E-state index contributed by atoms with van der Waals surface area (Å²) in [7, 11) is 0. The molecule has 1 aliphatic heterocycles. The summed E-state index contributed by atoms with van der Waals surface area (Å²) in [5.41, 5.74) is 1.26. The van der Waals surface area contributed by atoms with Crippen molar-refractivity contribution < 1.29 is 14.3 Å². The molecule has 156 valence electrons. The van der Waals surface area contributed by atoms with Crippen LogP contribution in [-0.2, 0) is 11.3 Å². The van der Waals surface area contributed by atoms with Crippen LogP contribution in [-0.4, -0.2) is 35.0 Å². The number of para-hydroxylation sites is 1. The van der Waals surface area contributed by atoms with E-state index in [9.17, 15) is 4.79 Å². The molecule has 8 heteroatoms. The van der Waals surface area contributed by atoms with E-state index in [1.165, 1.54) is 0 Å². The molecule has 1 N–H and O–H groups in total. The highest BCUT2D eigenvalue weighted by Gasteiger charge is 2.19. The summed E-state index contributed by atoms with van der Waals surface area (Å²) in [6.45, 7) is 1.56. The van der Waals surface area contributed by atoms with E-state index in [-0.39, 0.29) is 12.0 Å². The van der Waals surface area contributed by atoms with E-state index in [0.717, 1.165) is 25.0 Å². The van der Waals surface area contributed by atoms with E-state index in [0.29, 0.717) is 40.3 Å². The normalized spacial score (nSPS) is 15.9. The van der Waals surface area contributed by atoms with Crippen molar-refractivity contribution in [3.8, 4) is 5.75 Å². The lowest BCUT2D eigenvalue weighted by Gasteiger charge is -2.15. The molecule has 4 rings (SSSR count). The summed E-state index contributed by atoms with van der Waals surface area (Å²) in [5.74, 6) is 0.788. The first-order chi connectivity index (χ1) is 14.6. The van der Waals surface area contributed by atoms with Gasteiger partial charge in [-0.05, 0) is 36.6 Å². The highest BCUT2D eigenvalue weighted by Crippen LogP contribution is 2.27. The molecule has 2 aromatic carbocycles. The lowest BCUT2D eigenvalue weighted by atomic mass is 10.2. The predicted molar refractivity (Wildman–Crippen MR) is 117 cm³/mol. The number of benzene rings is 2. The van der Waals surface area contributed by atoms with E-state index < -0.39 is 0 Å². The van der Waals surface area contributed by atoms with Gasteiger partial charge in [0.1, 0.15) is 18.2 Å². The van der Waals surface area contributed by atoms with Crippen molar-refractivity contribution in [1.82, 2.24) is 9.78 Å². The molecule has 2 heterocycles. The number of hydrogen-bond acceptors (Lipinski definition) is 4. The van der Waals surface area contributed by atoms with Gasteiger partial charge < -0.3 is 14.8 Å². The molecule has 0 spiro atoms. The van der Waals surface area contributed by atoms with E-state index in [1.54, 1.807) is 41.2 Å². The summed E-state index contributed by atoms with van der Waals surface area (Å²) in [4.78, 5) is 12.9. The highest BCUT2D eigenvalue weighted by atomic mass is 35.5. The molecule has 1 saturated heterocycles. The maximum absolute atomic E-state index is 12.9. The second-order valence-corrected chi connectivity index (χ2v) is 7.77. The van der Waals surface area contributed by atoms with Crippen molar-refractivity contribution in [2.75, 3.05) is 18.5 Å². The van der Waals surface area contributed by atoms with Crippen molar-refractivity contribution in [1.29, 1.82) is 0 Å². The summed E-state index contributed by atoms with van der Waals surface area (Å²) >= 11 is 12.4. The Labute approximate surface area is 184 Å². The molecule has 0 bridgehead atoms. The van der Waals surface area contributed by atoms with E-state index in [1.807, 2.05) is 18.2 Å². The third-order valence-corrected chi connectivity index (χ3v) is 5.75. The van der Waals surface area contributed by atoms with E-state index in [4.69, 9.17) is 32.7 Å². The monoisotopic (exact) mass is 445 g/mol. The Balaban J connectivity index is 1.47. The average molecular weight is 446 g/mol. The molecule has 1 atom stereocenters. The number of halogens is 2. The fourth-order valence-electron chi connectivity index (χ4n) is 3.32. The van der Waals surface area contributed by atoms with Crippen LogP contribution in [0.25, 0.3) is 0 Å². The molecule has 6 nitrogen and oxygen atoms in total. The number of nitrogens with zero attached hydrogens (tertiary/aromatic N) is 2. The number of carbonyl (C=O) groups is 1. The van der Waals surface area contributed by atoms with Crippen LogP contribution in [0.1, 0.15) is 28.8 Å². The van der Waals surface area contributed by atoms with E-state index >= 15 is 0 Å². The van der Waals surface area contributed by atoms with Crippen LogP contribution in [0.4, 0.5) is 5.82 Å². The lowest BCUT2D eigenvalue weighted by molar-refractivity contribution is 0.0673. The van der Waals surface area contributed by atoms with Gasteiger partial charge in [0.05, 0.1) is 34.5 Å². The Morgan fingerprint density at radius 1 is 1.20 bits per heavy atom. The van der Waals surface area contributed by atoms with Crippen molar-refractivity contribution in [2.24, 2.45) is 0 Å². The van der Waals surface area contributed by atoms with Gasteiger partial charge in [0, 0.05) is 12.7 Å². The largest absolute Gasteiger partial charge is 0.490 e. The standard InChI is InChI=1S/C22H21Cl2N3O3/c23-18-8-3-5-15(21(18)24)13-27-20(10-11-25-27)26-22(28)17-7-1-2-9-19(17)30-14-16-6-4-12-29-16/h1-3,5,7-11,16H,4,6,12-14H2,(H,26,28)/t16-/m0/s1. The van der Waals surface area contributed by atoms with Crippen molar-refractivity contribution in [3.05, 3.63) is 75.9 Å². The van der Waals surface area contributed by atoms with Crippen molar-refractivity contribution in [3.63, 3.8) is 0 Å². The molecule has 0 radical (unpaired) electrons. The molecule has 3 aromatic rings. The number of rotatable bonds is 7. The first-order valence-corrected chi connectivity index (χ1v) is 10.5. The summed E-state index contributed by atoms with van der Waals surface area (Å²) in [6.07, 6.45) is 3.70. The molecule has 1 amide bonds. The third kappa shape index (κ3) is 4.78. The van der Waals surface area contributed by atoms with Gasteiger partial charge in [-0.1, -0.05) is 47.5 Å². The van der Waals surface area contributed by atoms with Gasteiger partial charge in [-0.25, -0.2) is 4.68 Å². The number of hydrogen-bond donors (Lipinski definition) is 1. The minimum absolute atomic E-state index is 0.0741. The van der Waals surface area contributed by atoms with Gasteiger partial charge in [-0.15, -0.1) is 0 Å². The van der Waals surface area contributed by atoms with Gasteiger partial charge in [-0.3, -0.25) is 4.79 Å². The smallest absolute Gasteiger partial charge is 0.260 e. The predicted octanol–water partition coefficient (Wildman–Crippen LogP) is 5.05. The molecule has 1 aromatic heterocycles. The maximum atomic E-state index is 12.9. The molecule has 1 fully saturated rings. The zero-order valence-electron chi connectivity index (χ0n) is 16.2. The minimum atomic E-state index is -0.281. The van der Waals surface area contributed by atoms with Gasteiger partial charge in [-0.2, -0.15) is 5.10 Å². The lowest BCUT2D eigenvalue weighted by Crippen LogP contribution is -2.20. The van der Waals surface area contributed by atoms with Crippen LogP contribution in [0, 0.1) is 0 Å². The fraction of sp³-hybridized carbons (Fsp3) is 0.273. The third-order valence-electron chi connectivity index (χ3n) is 4.89.